The van der Waals surface area contributed by atoms with Crippen LogP contribution in [0.5, 0.6) is 0 Å². The molecule has 0 radical (unpaired) electrons. The first-order valence-electron chi connectivity index (χ1n) is 3.30. The van der Waals surface area contributed by atoms with Gasteiger partial charge < -0.3 is 5.41 Å². The van der Waals surface area contributed by atoms with Gasteiger partial charge in [-0.05, 0) is 5.92 Å². The van der Waals surface area contributed by atoms with E-state index >= 15 is 0 Å². The molecule has 0 atom stereocenters. The Bertz CT molecular complexity index is 343. The Balaban J connectivity index is 2.80. The van der Waals surface area contributed by atoms with E-state index in [4.69, 9.17) is 5.41 Å². The maximum absolute atomic E-state index is 6.81. The lowest BCUT2D eigenvalue weighted by Crippen LogP contribution is -1.82. The van der Waals surface area contributed by atoms with E-state index in [0.29, 0.717) is 11.3 Å². The number of allylic oxidation sites excluding steroid dienone is 1. The molecule has 0 saturated heterocycles. The SMILES string of the molecule is C=C(C#Cc1cnccn1)C=N. The molecule has 1 N–H and O–H groups in total. The van der Waals surface area contributed by atoms with Gasteiger partial charge in [0.25, 0.3) is 0 Å². The lowest BCUT2D eigenvalue weighted by atomic mass is 10.3. The summed E-state index contributed by atoms with van der Waals surface area (Å²) < 4.78 is 0. The standard InChI is InChI=1S/C9H7N3/c1-8(6-10)2-3-9-7-11-4-5-12-9/h4-7,10H,1H2. The minimum Gasteiger partial charge on any atom is -0.307 e. The van der Waals surface area contributed by atoms with Crippen LogP contribution in [0.25, 0.3) is 0 Å². The van der Waals surface area contributed by atoms with Gasteiger partial charge in [-0.3, -0.25) is 4.98 Å². The first-order valence-corrected chi connectivity index (χ1v) is 3.30. The summed E-state index contributed by atoms with van der Waals surface area (Å²) in [7, 11) is 0. The molecule has 0 saturated carbocycles. The summed E-state index contributed by atoms with van der Waals surface area (Å²) in [6.45, 7) is 3.52. The van der Waals surface area contributed by atoms with Crippen molar-refractivity contribution in [2.24, 2.45) is 0 Å². The summed E-state index contributed by atoms with van der Waals surface area (Å²) in [5.74, 6) is 5.38. The molecule has 0 amide bonds. The van der Waals surface area contributed by atoms with Crippen molar-refractivity contribution in [3.8, 4) is 11.8 Å². The lowest BCUT2D eigenvalue weighted by molar-refractivity contribution is 1.17. The summed E-state index contributed by atoms with van der Waals surface area (Å²) in [6.07, 6.45) is 5.81. The molecule has 0 aliphatic rings. The third kappa shape index (κ3) is 2.35. The maximum Gasteiger partial charge on any atom is 0.131 e. The fourth-order valence-electron chi connectivity index (χ4n) is 0.544. The highest BCUT2D eigenvalue weighted by Crippen LogP contribution is 1.87. The van der Waals surface area contributed by atoms with Gasteiger partial charge in [0.05, 0.1) is 6.20 Å². The van der Waals surface area contributed by atoms with E-state index in [1.165, 1.54) is 0 Å². The third-order valence-electron chi connectivity index (χ3n) is 1.09. The van der Waals surface area contributed by atoms with Crippen molar-refractivity contribution >= 4 is 6.21 Å². The highest BCUT2D eigenvalue weighted by Gasteiger charge is 1.83. The minimum absolute atomic E-state index is 0.459. The molecular weight excluding hydrogens is 150 g/mol. The predicted molar refractivity (Wildman–Crippen MR) is 46.8 cm³/mol. The first-order chi connectivity index (χ1) is 5.83. The van der Waals surface area contributed by atoms with Crippen LogP contribution in [0.4, 0.5) is 0 Å². The Hall–Kier alpha value is -1.95. The summed E-state index contributed by atoms with van der Waals surface area (Å²) in [6, 6.07) is 0. The fourth-order valence-corrected chi connectivity index (χ4v) is 0.544. The molecule has 0 fully saturated rings. The van der Waals surface area contributed by atoms with Crippen molar-refractivity contribution in [3.63, 3.8) is 0 Å². The van der Waals surface area contributed by atoms with E-state index in [9.17, 15) is 0 Å². The number of rotatable bonds is 1. The van der Waals surface area contributed by atoms with Gasteiger partial charge in [-0.15, -0.1) is 0 Å². The van der Waals surface area contributed by atoms with Crippen LogP contribution in [-0.2, 0) is 0 Å². The third-order valence-corrected chi connectivity index (χ3v) is 1.09. The van der Waals surface area contributed by atoms with Crippen molar-refractivity contribution in [2.75, 3.05) is 0 Å². The van der Waals surface area contributed by atoms with Crippen LogP contribution in [0.3, 0.4) is 0 Å². The zero-order valence-electron chi connectivity index (χ0n) is 6.41. The van der Waals surface area contributed by atoms with E-state index in [-0.39, 0.29) is 0 Å². The normalized spacial score (nSPS) is 8.00. The molecule has 58 valence electrons. The molecule has 12 heavy (non-hydrogen) atoms. The van der Waals surface area contributed by atoms with Gasteiger partial charge in [0, 0.05) is 24.2 Å². The van der Waals surface area contributed by atoms with E-state index < -0.39 is 0 Å². The molecule has 1 heterocycles. The molecule has 0 spiro atoms. The Morgan fingerprint density at radius 3 is 3.00 bits per heavy atom. The Labute approximate surface area is 70.7 Å². The largest absolute Gasteiger partial charge is 0.307 e. The molecule has 0 bridgehead atoms. The molecule has 0 unspecified atom stereocenters. The number of hydrogen-bond donors (Lipinski definition) is 1. The molecule has 3 nitrogen and oxygen atoms in total. The van der Waals surface area contributed by atoms with Crippen LogP contribution in [0, 0.1) is 17.3 Å². The Morgan fingerprint density at radius 1 is 1.58 bits per heavy atom. The van der Waals surface area contributed by atoms with E-state index in [1.54, 1.807) is 18.6 Å². The second-order valence-corrected chi connectivity index (χ2v) is 2.01. The quantitative estimate of drug-likeness (QED) is 0.489. The average Bonchev–Trinajstić information content (AvgIpc) is 2.16. The fraction of sp³-hybridized carbons (Fsp3) is 0. The van der Waals surface area contributed by atoms with Gasteiger partial charge in [0.2, 0.25) is 0 Å². The minimum atomic E-state index is 0.459. The molecule has 1 rings (SSSR count). The van der Waals surface area contributed by atoms with Gasteiger partial charge in [0.15, 0.2) is 0 Å². The van der Waals surface area contributed by atoms with Crippen molar-refractivity contribution in [1.82, 2.24) is 9.97 Å². The second kappa shape index (κ2) is 4.04. The molecule has 1 aromatic rings. The molecule has 0 aliphatic carbocycles. The average molecular weight is 157 g/mol. The van der Waals surface area contributed by atoms with Gasteiger partial charge in [0.1, 0.15) is 5.69 Å². The van der Waals surface area contributed by atoms with Gasteiger partial charge in [-0.2, -0.15) is 0 Å². The van der Waals surface area contributed by atoms with Crippen LogP contribution in [0.15, 0.2) is 30.7 Å². The topological polar surface area (TPSA) is 49.6 Å². The number of nitrogens with one attached hydrogen (secondary N) is 1. The van der Waals surface area contributed by atoms with E-state index in [0.717, 1.165) is 6.21 Å². The van der Waals surface area contributed by atoms with Crippen LogP contribution in [0.1, 0.15) is 5.69 Å². The summed E-state index contributed by atoms with van der Waals surface area (Å²) in [4.78, 5) is 7.77. The zero-order valence-corrected chi connectivity index (χ0v) is 6.41. The Kier molecular flexibility index (Phi) is 2.74. The molecule has 1 aromatic heterocycles. The summed E-state index contributed by atoms with van der Waals surface area (Å²) >= 11 is 0. The molecule has 0 aliphatic heterocycles. The van der Waals surface area contributed by atoms with Crippen LogP contribution in [0.2, 0.25) is 0 Å². The molecule has 0 aromatic carbocycles. The van der Waals surface area contributed by atoms with Crippen molar-refractivity contribution < 1.29 is 0 Å². The summed E-state index contributed by atoms with van der Waals surface area (Å²) in [5.41, 5.74) is 1.04. The van der Waals surface area contributed by atoms with E-state index in [2.05, 4.69) is 28.4 Å². The van der Waals surface area contributed by atoms with Crippen molar-refractivity contribution in [2.45, 2.75) is 0 Å². The number of aromatic nitrogens is 2. The van der Waals surface area contributed by atoms with Crippen LogP contribution >= 0.6 is 0 Å². The van der Waals surface area contributed by atoms with Crippen LogP contribution < -0.4 is 0 Å². The smallest absolute Gasteiger partial charge is 0.131 e. The zero-order chi connectivity index (χ0) is 8.81. The lowest BCUT2D eigenvalue weighted by Gasteiger charge is -1.84. The number of hydrogen-bond acceptors (Lipinski definition) is 3. The van der Waals surface area contributed by atoms with E-state index in [1.807, 2.05) is 0 Å². The number of nitrogens with zero attached hydrogens (tertiary/aromatic N) is 2. The second-order valence-electron chi connectivity index (χ2n) is 2.01. The highest BCUT2D eigenvalue weighted by molar-refractivity contribution is 5.81. The monoisotopic (exact) mass is 157 g/mol. The molecular formula is C9H7N3. The van der Waals surface area contributed by atoms with Gasteiger partial charge in [-0.25, -0.2) is 4.98 Å². The van der Waals surface area contributed by atoms with Crippen LogP contribution in [-0.4, -0.2) is 16.2 Å². The Morgan fingerprint density at radius 2 is 2.42 bits per heavy atom. The predicted octanol–water partition coefficient (Wildman–Crippen LogP) is 1.03. The maximum atomic E-state index is 6.81. The van der Waals surface area contributed by atoms with Crippen molar-refractivity contribution in [3.05, 3.63) is 36.4 Å². The van der Waals surface area contributed by atoms with Gasteiger partial charge in [-0.1, -0.05) is 12.5 Å². The highest BCUT2D eigenvalue weighted by atomic mass is 14.7. The van der Waals surface area contributed by atoms with Gasteiger partial charge >= 0.3 is 0 Å². The molecule has 3 heteroatoms. The first kappa shape index (κ1) is 8.15. The summed E-state index contributed by atoms with van der Waals surface area (Å²) in [5, 5.41) is 6.81. The van der Waals surface area contributed by atoms with Crippen molar-refractivity contribution in [1.29, 1.82) is 5.41 Å².